The monoisotopic (exact) mass is 306 g/mol. The first-order valence-corrected chi connectivity index (χ1v) is 7.46. The zero-order valence-electron chi connectivity index (χ0n) is 12.9. The molecule has 0 aromatic heterocycles. The first-order chi connectivity index (χ1) is 10.6. The van der Waals surface area contributed by atoms with Gasteiger partial charge in [-0.2, -0.15) is 0 Å². The van der Waals surface area contributed by atoms with Crippen molar-refractivity contribution in [2.24, 2.45) is 0 Å². The molecule has 1 aliphatic rings. The summed E-state index contributed by atoms with van der Waals surface area (Å²) < 4.78 is 11.0. The van der Waals surface area contributed by atoms with Crippen LogP contribution in [-0.4, -0.2) is 44.3 Å². The van der Waals surface area contributed by atoms with Crippen molar-refractivity contribution in [3.8, 4) is 0 Å². The van der Waals surface area contributed by atoms with Gasteiger partial charge in [0.15, 0.2) is 0 Å². The Balaban J connectivity index is 1.81. The zero-order valence-corrected chi connectivity index (χ0v) is 12.9. The Morgan fingerprint density at radius 2 is 2.09 bits per heavy atom. The number of ether oxygens (including phenoxy) is 2. The topological polar surface area (TPSA) is 76.7 Å². The fourth-order valence-corrected chi connectivity index (χ4v) is 2.20. The highest BCUT2D eigenvalue weighted by molar-refractivity contribution is 5.96. The summed E-state index contributed by atoms with van der Waals surface area (Å²) in [5, 5.41) is 5.31. The van der Waals surface area contributed by atoms with Gasteiger partial charge in [0.1, 0.15) is 6.10 Å². The van der Waals surface area contributed by atoms with Crippen molar-refractivity contribution in [2.45, 2.75) is 32.0 Å². The Morgan fingerprint density at radius 1 is 1.36 bits per heavy atom. The van der Waals surface area contributed by atoms with Gasteiger partial charge in [0, 0.05) is 24.9 Å². The van der Waals surface area contributed by atoms with Crippen molar-refractivity contribution in [3.05, 3.63) is 29.8 Å². The first kappa shape index (κ1) is 16.5. The molecule has 1 aromatic rings. The van der Waals surface area contributed by atoms with Gasteiger partial charge in [0.25, 0.3) is 11.8 Å². The van der Waals surface area contributed by atoms with Crippen LogP contribution in [-0.2, 0) is 14.3 Å². The number of nitrogens with one attached hydrogen (secondary N) is 2. The highest BCUT2D eigenvalue weighted by Crippen LogP contribution is 2.14. The third-order valence-corrected chi connectivity index (χ3v) is 3.57. The molecule has 0 spiro atoms. The molecule has 2 rings (SSSR count). The van der Waals surface area contributed by atoms with Crippen LogP contribution in [0.1, 0.15) is 30.1 Å². The number of benzene rings is 1. The summed E-state index contributed by atoms with van der Waals surface area (Å²) in [5.74, 6) is -0.378. The van der Waals surface area contributed by atoms with Crippen LogP contribution in [0.15, 0.2) is 24.3 Å². The van der Waals surface area contributed by atoms with Gasteiger partial charge in [-0.05, 0) is 44.0 Å². The van der Waals surface area contributed by atoms with Crippen LogP contribution in [0.2, 0.25) is 0 Å². The van der Waals surface area contributed by atoms with Crippen LogP contribution in [0.5, 0.6) is 0 Å². The minimum absolute atomic E-state index is 0.0992. The molecule has 0 radical (unpaired) electrons. The van der Waals surface area contributed by atoms with Crippen molar-refractivity contribution in [1.29, 1.82) is 0 Å². The fourth-order valence-electron chi connectivity index (χ4n) is 2.20. The van der Waals surface area contributed by atoms with E-state index in [1.807, 2.05) is 0 Å². The molecule has 1 saturated heterocycles. The molecule has 22 heavy (non-hydrogen) atoms. The molecule has 0 saturated carbocycles. The molecule has 120 valence electrons. The summed E-state index contributed by atoms with van der Waals surface area (Å²) in [5.41, 5.74) is 1.17. The van der Waals surface area contributed by atoms with E-state index in [9.17, 15) is 9.59 Å². The molecule has 1 heterocycles. The van der Waals surface area contributed by atoms with Crippen molar-refractivity contribution in [3.63, 3.8) is 0 Å². The molecule has 2 N–H and O–H groups in total. The van der Waals surface area contributed by atoms with Gasteiger partial charge < -0.3 is 20.1 Å². The summed E-state index contributed by atoms with van der Waals surface area (Å²) in [6.45, 7) is 2.92. The van der Waals surface area contributed by atoms with Crippen LogP contribution >= 0.6 is 0 Å². The molecule has 0 unspecified atom stereocenters. The van der Waals surface area contributed by atoms with Gasteiger partial charge in [0.05, 0.1) is 12.7 Å². The van der Waals surface area contributed by atoms with Crippen LogP contribution in [0.25, 0.3) is 0 Å². The number of carbonyl (C=O) groups is 2. The second-order valence-electron chi connectivity index (χ2n) is 5.26. The van der Waals surface area contributed by atoms with Gasteiger partial charge in [-0.1, -0.05) is 0 Å². The van der Waals surface area contributed by atoms with E-state index in [1.54, 1.807) is 38.2 Å². The molecule has 1 aromatic carbocycles. The molecule has 0 aliphatic carbocycles. The van der Waals surface area contributed by atoms with Gasteiger partial charge in [-0.25, -0.2) is 0 Å². The maximum absolute atomic E-state index is 12.0. The van der Waals surface area contributed by atoms with Crippen molar-refractivity contribution in [2.75, 3.05) is 25.6 Å². The smallest absolute Gasteiger partial charge is 0.253 e. The highest BCUT2D eigenvalue weighted by Gasteiger charge is 2.20. The zero-order chi connectivity index (χ0) is 15.9. The second-order valence-corrected chi connectivity index (χ2v) is 5.26. The SMILES string of the molecule is CNC(=O)c1ccc(NC(=O)[C@H](C)OC[C@@H]2CCCO2)cc1. The predicted molar refractivity (Wildman–Crippen MR) is 82.8 cm³/mol. The molecular weight excluding hydrogens is 284 g/mol. The predicted octanol–water partition coefficient (Wildman–Crippen LogP) is 1.57. The number of amides is 2. The van der Waals surface area contributed by atoms with Gasteiger partial charge >= 0.3 is 0 Å². The van der Waals surface area contributed by atoms with Crippen LogP contribution in [0, 0.1) is 0 Å². The van der Waals surface area contributed by atoms with E-state index in [1.165, 1.54) is 0 Å². The third kappa shape index (κ3) is 4.54. The standard InChI is InChI=1S/C16H22N2O4/c1-11(22-10-14-4-3-9-21-14)15(19)18-13-7-5-12(6-8-13)16(20)17-2/h5-8,11,14H,3-4,9-10H2,1-2H3,(H,17,20)(H,18,19)/t11-,14-/m0/s1. The maximum atomic E-state index is 12.0. The number of hydrogen-bond donors (Lipinski definition) is 2. The fraction of sp³-hybridized carbons (Fsp3) is 0.500. The molecule has 0 bridgehead atoms. The molecule has 6 heteroatoms. The van der Waals surface area contributed by atoms with E-state index in [-0.39, 0.29) is 17.9 Å². The first-order valence-electron chi connectivity index (χ1n) is 7.46. The number of anilines is 1. The van der Waals surface area contributed by atoms with Gasteiger partial charge in [-0.15, -0.1) is 0 Å². The van der Waals surface area contributed by atoms with Crippen LogP contribution in [0.3, 0.4) is 0 Å². The van der Waals surface area contributed by atoms with E-state index >= 15 is 0 Å². The van der Waals surface area contributed by atoms with E-state index in [0.717, 1.165) is 19.4 Å². The number of hydrogen-bond acceptors (Lipinski definition) is 4. The Bertz CT molecular complexity index is 509. The third-order valence-electron chi connectivity index (χ3n) is 3.57. The van der Waals surface area contributed by atoms with E-state index < -0.39 is 6.10 Å². The van der Waals surface area contributed by atoms with Crippen molar-refractivity contribution >= 4 is 17.5 Å². The molecule has 1 fully saturated rings. The summed E-state index contributed by atoms with van der Waals surface area (Å²) >= 11 is 0. The Morgan fingerprint density at radius 3 is 2.68 bits per heavy atom. The second kappa shape index (κ2) is 7.91. The maximum Gasteiger partial charge on any atom is 0.253 e. The lowest BCUT2D eigenvalue weighted by Crippen LogP contribution is -2.30. The molecule has 1 aliphatic heterocycles. The van der Waals surface area contributed by atoms with Crippen LogP contribution in [0.4, 0.5) is 5.69 Å². The Hall–Kier alpha value is -1.92. The molecular formula is C16H22N2O4. The van der Waals surface area contributed by atoms with Crippen LogP contribution < -0.4 is 10.6 Å². The minimum Gasteiger partial charge on any atom is -0.376 e. The number of rotatable bonds is 6. The largest absolute Gasteiger partial charge is 0.376 e. The molecule has 2 amide bonds. The summed E-state index contributed by atoms with van der Waals surface area (Å²) in [6.07, 6.45) is 1.58. The Labute approximate surface area is 130 Å². The van der Waals surface area contributed by atoms with Crippen molar-refractivity contribution < 1.29 is 19.1 Å². The lowest BCUT2D eigenvalue weighted by Gasteiger charge is -2.16. The number of carbonyl (C=O) groups excluding carboxylic acids is 2. The average molecular weight is 306 g/mol. The molecule has 2 atom stereocenters. The van der Waals surface area contributed by atoms with Crippen molar-refractivity contribution in [1.82, 2.24) is 5.32 Å². The van der Waals surface area contributed by atoms with E-state index in [4.69, 9.17) is 9.47 Å². The van der Waals surface area contributed by atoms with Gasteiger partial charge in [0.2, 0.25) is 0 Å². The summed E-state index contributed by atoms with van der Waals surface area (Å²) in [7, 11) is 1.57. The average Bonchev–Trinajstić information content (AvgIpc) is 3.06. The lowest BCUT2D eigenvalue weighted by molar-refractivity contribution is -0.128. The Kier molecular flexibility index (Phi) is 5.91. The highest BCUT2D eigenvalue weighted by atomic mass is 16.5. The minimum atomic E-state index is -0.553. The summed E-state index contributed by atoms with van der Waals surface area (Å²) in [6, 6.07) is 6.70. The molecule has 6 nitrogen and oxygen atoms in total. The quantitative estimate of drug-likeness (QED) is 0.836. The van der Waals surface area contributed by atoms with E-state index in [2.05, 4.69) is 10.6 Å². The van der Waals surface area contributed by atoms with E-state index in [0.29, 0.717) is 17.9 Å². The lowest BCUT2D eigenvalue weighted by atomic mass is 10.2. The van der Waals surface area contributed by atoms with Gasteiger partial charge in [-0.3, -0.25) is 9.59 Å². The summed E-state index contributed by atoms with van der Waals surface area (Å²) in [4.78, 5) is 23.5. The normalized spacial score (nSPS) is 18.7.